The number of rotatable bonds is 8. The number of benzene rings is 1. The van der Waals surface area contributed by atoms with Crippen molar-refractivity contribution in [3.63, 3.8) is 0 Å². The predicted octanol–water partition coefficient (Wildman–Crippen LogP) is 2.72. The first kappa shape index (κ1) is 18.1. The number of likely N-dealkylation sites (N-methyl/N-ethyl adjacent to an activating group) is 1. The predicted molar refractivity (Wildman–Crippen MR) is 90.8 cm³/mol. The van der Waals surface area contributed by atoms with Crippen LogP contribution in [0.2, 0.25) is 0 Å². The van der Waals surface area contributed by atoms with Crippen molar-refractivity contribution in [1.82, 2.24) is 5.32 Å². The largest absolute Gasteiger partial charge is 0.412 e. The highest BCUT2D eigenvalue weighted by atomic mass is 16.6. The second kappa shape index (κ2) is 9.12. The molecule has 0 aliphatic heterocycles. The molecule has 1 aromatic carbocycles. The highest BCUT2D eigenvalue weighted by molar-refractivity contribution is 6.20. The van der Waals surface area contributed by atoms with Crippen LogP contribution in [0.15, 0.2) is 35.0 Å². The second-order valence-corrected chi connectivity index (χ2v) is 5.15. The highest BCUT2D eigenvalue weighted by Crippen LogP contribution is 2.23. The maximum Gasteiger partial charge on any atom is 0.162 e. The molecule has 0 aromatic heterocycles. The minimum atomic E-state index is -0.0142. The summed E-state index contributed by atoms with van der Waals surface area (Å²) in [5, 5.41) is 3.08. The van der Waals surface area contributed by atoms with Gasteiger partial charge in [0.05, 0.1) is 5.70 Å². The van der Waals surface area contributed by atoms with Crippen molar-refractivity contribution in [1.29, 1.82) is 0 Å². The molecule has 0 atom stereocenters. The minimum absolute atomic E-state index is 0.0142. The molecule has 0 bridgehead atoms. The Kier molecular flexibility index (Phi) is 7.49. The molecule has 3 N–H and O–H groups in total. The van der Waals surface area contributed by atoms with Gasteiger partial charge in [0.1, 0.15) is 5.75 Å². The van der Waals surface area contributed by atoms with Crippen molar-refractivity contribution in [2.45, 2.75) is 33.6 Å². The van der Waals surface area contributed by atoms with E-state index in [4.69, 9.17) is 5.90 Å². The maximum absolute atomic E-state index is 12.1. The SMILES string of the molecule is CCCC(C)=N/C(CNC)=C(\C(C)=O)c1ccc(ON)cc1. The van der Waals surface area contributed by atoms with Gasteiger partial charge < -0.3 is 10.2 Å². The summed E-state index contributed by atoms with van der Waals surface area (Å²) in [5.41, 5.74) is 3.20. The van der Waals surface area contributed by atoms with Crippen LogP contribution in [-0.4, -0.2) is 25.1 Å². The van der Waals surface area contributed by atoms with Gasteiger partial charge in [-0.1, -0.05) is 25.5 Å². The standard InChI is InChI=1S/C17H25N3O2/c1-5-6-12(2)20-16(11-19-4)17(13(3)21)14-7-9-15(22-18)10-8-14/h7-10,19H,5-6,11,18H2,1-4H3/b17-16+,20-12?. The van der Waals surface area contributed by atoms with E-state index in [1.807, 2.05) is 26.1 Å². The summed E-state index contributed by atoms with van der Waals surface area (Å²) in [6, 6.07) is 7.11. The lowest BCUT2D eigenvalue weighted by atomic mass is 9.99. The molecule has 0 amide bonds. The van der Waals surface area contributed by atoms with Gasteiger partial charge in [-0.05, 0) is 45.0 Å². The third kappa shape index (κ3) is 5.09. The fraction of sp³-hybridized carbons (Fsp3) is 0.412. The Hall–Kier alpha value is -1.98. The molecule has 1 rings (SSSR count). The van der Waals surface area contributed by atoms with Gasteiger partial charge in [0.15, 0.2) is 5.78 Å². The number of nitrogens with zero attached hydrogens (tertiary/aromatic N) is 1. The molecule has 120 valence electrons. The lowest BCUT2D eigenvalue weighted by molar-refractivity contribution is -0.111. The van der Waals surface area contributed by atoms with Crippen molar-refractivity contribution in [3.05, 3.63) is 35.5 Å². The quantitative estimate of drug-likeness (QED) is 0.440. The Morgan fingerprint density at radius 3 is 2.36 bits per heavy atom. The number of carbonyl (C=O) groups excluding carboxylic acids is 1. The van der Waals surface area contributed by atoms with E-state index in [9.17, 15) is 4.79 Å². The van der Waals surface area contributed by atoms with E-state index >= 15 is 0 Å². The third-order valence-corrected chi connectivity index (χ3v) is 3.20. The Morgan fingerprint density at radius 1 is 1.27 bits per heavy atom. The molecule has 5 heteroatoms. The van der Waals surface area contributed by atoms with Crippen LogP contribution >= 0.6 is 0 Å². The van der Waals surface area contributed by atoms with E-state index in [0.29, 0.717) is 17.9 Å². The van der Waals surface area contributed by atoms with Crippen LogP contribution in [-0.2, 0) is 4.79 Å². The minimum Gasteiger partial charge on any atom is -0.412 e. The summed E-state index contributed by atoms with van der Waals surface area (Å²) in [7, 11) is 1.84. The molecule has 5 nitrogen and oxygen atoms in total. The summed E-state index contributed by atoms with van der Waals surface area (Å²) < 4.78 is 0. The molecule has 0 spiro atoms. The van der Waals surface area contributed by atoms with Crippen molar-refractivity contribution in [2.75, 3.05) is 13.6 Å². The Labute approximate surface area is 132 Å². The fourth-order valence-electron chi connectivity index (χ4n) is 2.27. The summed E-state index contributed by atoms with van der Waals surface area (Å²) in [4.78, 5) is 21.5. The van der Waals surface area contributed by atoms with Gasteiger partial charge in [-0.3, -0.25) is 9.79 Å². The fourth-order valence-corrected chi connectivity index (χ4v) is 2.27. The molecule has 0 heterocycles. The van der Waals surface area contributed by atoms with Gasteiger partial charge in [-0.25, -0.2) is 0 Å². The first-order chi connectivity index (χ1) is 10.5. The Bertz CT molecular complexity index is 560. The topological polar surface area (TPSA) is 76.7 Å². The van der Waals surface area contributed by atoms with E-state index in [2.05, 4.69) is 22.1 Å². The van der Waals surface area contributed by atoms with Gasteiger partial charge in [-0.15, -0.1) is 0 Å². The van der Waals surface area contributed by atoms with Gasteiger partial charge in [0.2, 0.25) is 0 Å². The van der Waals surface area contributed by atoms with E-state index in [1.54, 1.807) is 19.1 Å². The van der Waals surface area contributed by atoms with Gasteiger partial charge in [0, 0.05) is 17.8 Å². The summed E-state index contributed by atoms with van der Waals surface area (Å²) in [6.45, 7) is 6.19. The molecule has 1 aromatic rings. The first-order valence-corrected chi connectivity index (χ1v) is 7.43. The van der Waals surface area contributed by atoms with E-state index < -0.39 is 0 Å². The zero-order valence-electron chi connectivity index (χ0n) is 13.8. The van der Waals surface area contributed by atoms with E-state index in [-0.39, 0.29) is 5.78 Å². The highest BCUT2D eigenvalue weighted by Gasteiger charge is 2.14. The van der Waals surface area contributed by atoms with Gasteiger partial charge in [0.25, 0.3) is 0 Å². The summed E-state index contributed by atoms with van der Waals surface area (Å²) in [6.07, 6.45) is 1.94. The molecule has 0 fully saturated rings. The van der Waals surface area contributed by atoms with E-state index in [0.717, 1.165) is 29.8 Å². The van der Waals surface area contributed by atoms with Gasteiger partial charge >= 0.3 is 0 Å². The average Bonchev–Trinajstić information content (AvgIpc) is 2.48. The number of hydrogen-bond donors (Lipinski definition) is 2. The molecule has 0 radical (unpaired) electrons. The zero-order valence-corrected chi connectivity index (χ0v) is 13.8. The van der Waals surface area contributed by atoms with Crippen LogP contribution in [0.4, 0.5) is 0 Å². The summed E-state index contributed by atoms with van der Waals surface area (Å²) in [5.74, 6) is 5.67. The number of allylic oxidation sites excluding steroid dienone is 1. The molecular weight excluding hydrogens is 278 g/mol. The van der Waals surface area contributed by atoms with Crippen LogP contribution in [0, 0.1) is 0 Å². The Balaban J connectivity index is 3.36. The monoisotopic (exact) mass is 303 g/mol. The third-order valence-electron chi connectivity index (χ3n) is 3.20. The van der Waals surface area contributed by atoms with Crippen molar-refractivity contribution < 1.29 is 9.63 Å². The number of Topliss-reactive ketones (excluding diaryl/α,β-unsaturated/α-hetero) is 1. The zero-order chi connectivity index (χ0) is 16.5. The molecular formula is C17H25N3O2. The van der Waals surface area contributed by atoms with Gasteiger partial charge in [-0.2, -0.15) is 5.90 Å². The number of ketones is 1. The lowest BCUT2D eigenvalue weighted by Crippen LogP contribution is -2.14. The van der Waals surface area contributed by atoms with Crippen LogP contribution < -0.4 is 16.1 Å². The number of nitrogens with two attached hydrogens (primary N) is 1. The first-order valence-electron chi connectivity index (χ1n) is 7.43. The van der Waals surface area contributed by atoms with Crippen molar-refractivity contribution in [2.24, 2.45) is 10.9 Å². The van der Waals surface area contributed by atoms with Crippen LogP contribution in [0.5, 0.6) is 5.75 Å². The Morgan fingerprint density at radius 2 is 1.91 bits per heavy atom. The number of nitrogens with one attached hydrogen (secondary N) is 1. The summed E-state index contributed by atoms with van der Waals surface area (Å²) >= 11 is 0. The second-order valence-electron chi connectivity index (χ2n) is 5.15. The molecule has 0 unspecified atom stereocenters. The van der Waals surface area contributed by atoms with E-state index in [1.165, 1.54) is 0 Å². The molecule has 0 aliphatic carbocycles. The van der Waals surface area contributed by atoms with Crippen LogP contribution in [0.25, 0.3) is 5.57 Å². The number of carbonyl (C=O) groups is 1. The van der Waals surface area contributed by atoms with Crippen molar-refractivity contribution >= 4 is 17.1 Å². The number of hydrogen-bond acceptors (Lipinski definition) is 5. The molecule has 22 heavy (non-hydrogen) atoms. The normalized spacial score (nSPS) is 12.9. The maximum atomic E-state index is 12.1. The average molecular weight is 303 g/mol. The molecule has 0 saturated heterocycles. The van der Waals surface area contributed by atoms with Crippen LogP contribution in [0.1, 0.15) is 39.2 Å². The number of aliphatic imine (C=N–C) groups is 1. The lowest BCUT2D eigenvalue weighted by Gasteiger charge is -2.12. The van der Waals surface area contributed by atoms with Crippen molar-refractivity contribution in [3.8, 4) is 5.75 Å². The smallest absolute Gasteiger partial charge is 0.162 e. The molecule has 0 saturated carbocycles. The van der Waals surface area contributed by atoms with Crippen LogP contribution in [0.3, 0.4) is 0 Å². The molecule has 0 aliphatic rings.